The molecule has 0 bridgehead atoms. The zero-order valence-electron chi connectivity index (χ0n) is 17.1. The highest BCUT2D eigenvalue weighted by molar-refractivity contribution is 5.77. The Morgan fingerprint density at radius 3 is 2.70 bits per heavy atom. The first-order valence-corrected chi connectivity index (χ1v) is 10.4. The minimum absolute atomic E-state index is 0.0583. The van der Waals surface area contributed by atoms with E-state index in [0.29, 0.717) is 31.8 Å². The van der Waals surface area contributed by atoms with Gasteiger partial charge >= 0.3 is 0 Å². The zero-order valence-corrected chi connectivity index (χ0v) is 17.1. The predicted molar refractivity (Wildman–Crippen MR) is 112 cm³/mol. The van der Waals surface area contributed by atoms with Gasteiger partial charge in [0.1, 0.15) is 17.8 Å². The number of aromatic nitrogens is 3. The van der Waals surface area contributed by atoms with E-state index in [1.807, 2.05) is 42.2 Å². The molecule has 1 fully saturated rings. The Morgan fingerprint density at radius 2 is 1.97 bits per heavy atom. The number of aryl methyl sites for hydroxylation is 2. The molecule has 0 aliphatic carbocycles. The van der Waals surface area contributed by atoms with Crippen LogP contribution in [0.3, 0.4) is 0 Å². The Morgan fingerprint density at radius 1 is 1.20 bits per heavy atom. The van der Waals surface area contributed by atoms with Crippen molar-refractivity contribution in [3.63, 3.8) is 0 Å². The molecule has 1 N–H and O–H groups in total. The van der Waals surface area contributed by atoms with Gasteiger partial charge in [-0.3, -0.25) is 4.79 Å². The molecule has 0 saturated carbocycles. The summed E-state index contributed by atoms with van der Waals surface area (Å²) in [6, 6.07) is 9.87. The Bertz CT molecular complexity index is 995. The smallest absolute Gasteiger partial charge is 0.222 e. The maximum absolute atomic E-state index is 12.8. The van der Waals surface area contributed by atoms with E-state index >= 15 is 0 Å². The molecule has 30 heavy (non-hydrogen) atoms. The lowest BCUT2D eigenvalue weighted by molar-refractivity contribution is -0.132. The molecule has 0 unspecified atom stereocenters. The van der Waals surface area contributed by atoms with Gasteiger partial charge in [0, 0.05) is 48.3 Å². The summed E-state index contributed by atoms with van der Waals surface area (Å²) < 4.78 is 5.16. The molecule has 4 rings (SSSR count). The van der Waals surface area contributed by atoms with Gasteiger partial charge in [-0.25, -0.2) is 9.97 Å². The number of piperidine rings is 1. The molecule has 0 radical (unpaired) electrons. The molecule has 1 saturated heterocycles. The number of aliphatic hydroxyl groups excluding tert-OH is 1. The van der Waals surface area contributed by atoms with Crippen LogP contribution in [0.5, 0.6) is 0 Å². The quantitative estimate of drug-likeness (QED) is 0.675. The van der Waals surface area contributed by atoms with E-state index in [1.165, 1.54) is 0 Å². The van der Waals surface area contributed by atoms with Gasteiger partial charge in [0.2, 0.25) is 5.91 Å². The standard InChI is InChI=1S/C23H26N4O3/c1-16-24-13-20(14-28)22(25-16)18-9-11-27(12-10-18)21(29)8-7-19-15-30-26-23(19)17-5-3-2-4-6-17/h2-6,13,15,18,28H,7-12,14H2,1H3. The Labute approximate surface area is 175 Å². The number of likely N-dealkylation sites (tertiary alicyclic amines) is 1. The summed E-state index contributed by atoms with van der Waals surface area (Å²) in [7, 11) is 0. The maximum Gasteiger partial charge on any atom is 0.222 e. The maximum atomic E-state index is 12.8. The average molecular weight is 406 g/mol. The Hall–Kier alpha value is -3.06. The molecule has 156 valence electrons. The normalized spacial score (nSPS) is 14.8. The van der Waals surface area contributed by atoms with E-state index in [4.69, 9.17) is 4.52 Å². The molecule has 3 aromatic rings. The minimum atomic E-state index is -0.0583. The van der Waals surface area contributed by atoms with E-state index in [-0.39, 0.29) is 18.4 Å². The highest BCUT2D eigenvalue weighted by Gasteiger charge is 2.26. The van der Waals surface area contributed by atoms with Crippen LogP contribution in [0.2, 0.25) is 0 Å². The number of hydrogen-bond donors (Lipinski definition) is 1. The molecule has 2 aromatic heterocycles. The fourth-order valence-corrected chi connectivity index (χ4v) is 4.06. The molecular formula is C23H26N4O3. The third-order valence-electron chi connectivity index (χ3n) is 5.72. The van der Waals surface area contributed by atoms with E-state index in [0.717, 1.165) is 40.9 Å². The van der Waals surface area contributed by atoms with E-state index in [9.17, 15) is 9.90 Å². The molecule has 7 nitrogen and oxygen atoms in total. The monoisotopic (exact) mass is 406 g/mol. The van der Waals surface area contributed by atoms with Crippen molar-refractivity contribution < 1.29 is 14.4 Å². The summed E-state index contributed by atoms with van der Waals surface area (Å²) in [6.45, 7) is 3.20. The van der Waals surface area contributed by atoms with Crippen LogP contribution in [0.4, 0.5) is 0 Å². The lowest BCUT2D eigenvalue weighted by Gasteiger charge is -2.32. The van der Waals surface area contributed by atoms with Crippen LogP contribution in [0.25, 0.3) is 11.3 Å². The van der Waals surface area contributed by atoms with Gasteiger partial charge in [0.05, 0.1) is 12.3 Å². The third kappa shape index (κ3) is 4.41. The molecule has 1 amide bonds. The molecule has 3 heterocycles. The predicted octanol–water partition coefficient (Wildman–Crippen LogP) is 3.27. The molecular weight excluding hydrogens is 380 g/mol. The SMILES string of the molecule is Cc1ncc(CO)c(C2CCN(C(=O)CCc3conc3-c3ccccc3)CC2)n1. The number of carbonyl (C=O) groups is 1. The van der Waals surface area contributed by atoms with Gasteiger partial charge in [-0.15, -0.1) is 0 Å². The Balaban J connectivity index is 1.34. The van der Waals surface area contributed by atoms with Gasteiger partial charge < -0.3 is 14.5 Å². The molecule has 0 spiro atoms. The first-order chi connectivity index (χ1) is 14.7. The van der Waals surface area contributed by atoms with Crippen molar-refractivity contribution in [3.05, 3.63) is 65.4 Å². The van der Waals surface area contributed by atoms with E-state index < -0.39 is 0 Å². The fraction of sp³-hybridized carbons (Fsp3) is 0.391. The largest absolute Gasteiger partial charge is 0.392 e. The van der Waals surface area contributed by atoms with Gasteiger partial charge in [0.15, 0.2) is 0 Å². The van der Waals surface area contributed by atoms with Crippen LogP contribution >= 0.6 is 0 Å². The first kappa shape index (κ1) is 20.2. The first-order valence-electron chi connectivity index (χ1n) is 10.4. The number of amides is 1. The van der Waals surface area contributed by atoms with E-state index in [1.54, 1.807) is 12.5 Å². The van der Waals surface area contributed by atoms with Crippen LogP contribution < -0.4 is 0 Å². The summed E-state index contributed by atoms with van der Waals surface area (Å²) in [5.41, 5.74) is 4.46. The number of carbonyl (C=O) groups excluding carboxylic acids is 1. The summed E-state index contributed by atoms with van der Waals surface area (Å²) in [6.07, 6.45) is 6.07. The van der Waals surface area contributed by atoms with Crippen molar-refractivity contribution >= 4 is 5.91 Å². The van der Waals surface area contributed by atoms with E-state index in [2.05, 4.69) is 15.1 Å². The average Bonchev–Trinajstić information content (AvgIpc) is 3.27. The van der Waals surface area contributed by atoms with Crippen molar-refractivity contribution in [1.29, 1.82) is 0 Å². The highest BCUT2D eigenvalue weighted by atomic mass is 16.5. The van der Waals surface area contributed by atoms with Crippen LogP contribution in [0.1, 0.15) is 47.8 Å². The van der Waals surface area contributed by atoms with Crippen molar-refractivity contribution in [2.45, 2.75) is 45.1 Å². The number of aliphatic hydroxyl groups is 1. The zero-order chi connectivity index (χ0) is 20.9. The van der Waals surface area contributed by atoms with Crippen LogP contribution in [-0.4, -0.2) is 44.1 Å². The lowest BCUT2D eigenvalue weighted by Crippen LogP contribution is -2.38. The van der Waals surface area contributed by atoms with Gasteiger partial charge in [-0.1, -0.05) is 35.5 Å². The van der Waals surface area contributed by atoms with Gasteiger partial charge in [-0.2, -0.15) is 0 Å². The van der Waals surface area contributed by atoms with Crippen LogP contribution in [0.15, 0.2) is 47.3 Å². The summed E-state index contributed by atoms with van der Waals surface area (Å²) >= 11 is 0. The topological polar surface area (TPSA) is 92.4 Å². The minimum Gasteiger partial charge on any atom is -0.392 e. The lowest BCUT2D eigenvalue weighted by atomic mass is 9.90. The second kappa shape index (κ2) is 9.17. The highest BCUT2D eigenvalue weighted by Crippen LogP contribution is 2.30. The van der Waals surface area contributed by atoms with Crippen molar-refractivity contribution in [3.8, 4) is 11.3 Å². The summed E-state index contributed by atoms with van der Waals surface area (Å²) in [5.74, 6) is 1.11. The van der Waals surface area contributed by atoms with Crippen LogP contribution in [-0.2, 0) is 17.8 Å². The fourth-order valence-electron chi connectivity index (χ4n) is 4.06. The van der Waals surface area contributed by atoms with Crippen LogP contribution in [0, 0.1) is 6.92 Å². The van der Waals surface area contributed by atoms with Gasteiger partial charge in [-0.05, 0) is 26.2 Å². The molecule has 1 aromatic carbocycles. The van der Waals surface area contributed by atoms with Crippen molar-refractivity contribution in [1.82, 2.24) is 20.0 Å². The Kier molecular flexibility index (Phi) is 6.18. The van der Waals surface area contributed by atoms with Crippen molar-refractivity contribution in [2.24, 2.45) is 0 Å². The number of rotatable bonds is 6. The second-order valence-electron chi connectivity index (χ2n) is 7.70. The number of benzene rings is 1. The molecule has 7 heteroatoms. The number of hydrogen-bond acceptors (Lipinski definition) is 6. The van der Waals surface area contributed by atoms with Gasteiger partial charge in [0.25, 0.3) is 0 Å². The summed E-state index contributed by atoms with van der Waals surface area (Å²) in [4.78, 5) is 23.4. The molecule has 0 atom stereocenters. The third-order valence-corrected chi connectivity index (χ3v) is 5.72. The number of nitrogens with zero attached hydrogens (tertiary/aromatic N) is 4. The summed E-state index contributed by atoms with van der Waals surface area (Å²) in [5, 5.41) is 13.7. The van der Waals surface area contributed by atoms with Crippen molar-refractivity contribution in [2.75, 3.05) is 13.1 Å². The molecule has 1 aliphatic heterocycles. The second-order valence-corrected chi connectivity index (χ2v) is 7.70. The molecule has 1 aliphatic rings.